The first-order chi connectivity index (χ1) is 5.27. The first-order valence-corrected chi connectivity index (χ1v) is 3.49. The number of rotatable bonds is 7. The third-order valence-electron chi connectivity index (χ3n) is 1.06. The molecule has 11 heavy (non-hydrogen) atoms. The van der Waals surface area contributed by atoms with E-state index < -0.39 is 0 Å². The van der Waals surface area contributed by atoms with E-state index in [1.807, 2.05) is 0 Å². The van der Waals surface area contributed by atoms with Gasteiger partial charge in [-0.3, -0.25) is 4.79 Å². The summed E-state index contributed by atoms with van der Waals surface area (Å²) in [5.74, 6) is -0.290. The van der Waals surface area contributed by atoms with E-state index in [2.05, 4.69) is 11.9 Å². The maximum Gasteiger partial charge on any atom is 0.218 e. The molecule has 0 rings (SSSR count). The molecule has 64 valence electrons. The van der Waals surface area contributed by atoms with Crippen LogP contribution in [-0.2, 0) is 9.53 Å². The van der Waals surface area contributed by atoms with Gasteiger partial charge in [0.2, 0.25) is 5.91 Å². The van der Waals surface area contributed by atoms with Gasteiger partial charge in [-0.25, -0.2) is 0 Å². The van der Waals surface area contributed by atoms with Crippen LogP contribution in [0.4, 0.5) is 0 Å². The van der Waals surface area contributed by atoms with E-state index >= 15 is 0 Å². The van der Waals surface area contributed by atoms with Crippen LogP contribution in [0.1, 0.15) is 6.42 Å². The normalized spacial score (nSPS) is 9.09. The molecule has 0 aromatic carbocycles. The number of carbonyl (C=O) groups is 1. The molecule has 0 aliphatic rings. The van der Waals surface area contributed by atoms with Crippen LogP contribution < -0.4 is 11.1 Å². The van der Waals surface area contributed by atoms with E-state index in [4.69, 9.17) is 10.5 Å². The lowest BCUT2D eigenvalue weighted by atomic mass is 10.4. The van der Waals surface area contributed by atoms with Crippen molar-refractivity contribution in [2.45, 2.75) is 6.42 Å². The largest absolute Gasteiger partial charge is 0.500 e. The molecule has 0 fully saturated rings. The van der Waals surface area contributed by atoms with Crippen molar-refractivity contribution in [2.75, 3.05) is 19.7 Å². The van der Waals surface area contributed by atoms with E-state index in [1.54, 1.807) is 0 Å². The highest BCUT2D eigenvalue weighted by molar-refractivity contribution is 5.73. The Kier molecular flexibility index (Phi) is 6.42. The van der Waals surface area contributed by atoms with Gasteiger partial charge in [0.25, 0.3) is 0 Å². The topological polar surface area (TPSA) is 64.3 Å². The Morgan fingerprint density at radius 1 is 1.64 bits per heavy atom. The quantitative estimate of drug-likeness (QED) is 0.392. The summed E-state index contributed by atoms with van der Waals surface area (Å²) < 4.78 is 4.83. The van der Waals surface area contributed by atoms with Crippen molar-refractivity contribution in [1.29, 1.82) is 0 Å². The van der Waals surface area contributed by atoms with Crippen molar-refractivity contribution in [3.63, 3.8) is 0 Å². The Bertz CT molecular complexity index is 126. The van der Waals surface area contributed by atoms with Crippen molar-refractivity contribution in [1.82, 2.24) is 5.32 Å². The average molecular weight is 158 g/mol. The lowest BCUT2D eigenvalue weighted by molar-refractivity contribution is -0.117. The van der Waals surface area contributed by atoms with Gasteiger partial charge >= 0.3 is 0 Å². The molecule has 0 aliphatic carbocycles. The molecule has 0 aromatic rings. The number of amides is 1. The number of carbonyl (C=O) groups excluding carboxylic acids is 1. The van der Waals surface area contributed by atoms with Crippen LogP contribution in [-0.4, -0.2) is 25.6 Å². The Hall–Kier alpha value is -1.03. The maximum absolute atomic E-state index is 10.2. The summed E-state index contributed by atoms with van der Waals surface area (Å²) in [6.45, 7) is 5.27. The van der Waals surface area contributed by atoms with Gasteiger partial charge in [-0.2, -0.15) is 0 Å². The third-order valence-corrected chi connectivity index (χ3v) is 1.06. The predicted octanol–water partition coefficient (Wildman–Crippen LogP) is -0.388. The van der Waals surface area contributed by atoms with E-state index in [-0.39, 0.29) is 5.91 Å². The maximum atomic E-state index is 10.2. The fraction of sp³-hybridized carbons (Fsp3) is 0.571. The molecule has 0 saturated heterocycles. The summed E-state index contributed by atoms with van der Waals surface area (Å²) in [5.41, 5.74) is 4.91. The zero-order valence-electron chi connectivity index (χ0n) is 6.51. The highest BCUT2D eigenvalue weighted by Crippen LogP contribution is 1.74. The molecule has 0 unspecified atom stereocenters. The van der Waals surface area contributed by atoms with E-state index in [9.17, 15) is 4.79 Å². The van der Waals surface area contributed by atoms with Crippen molar-refractivity contribution in [2.24, 2.45) is 5.73 Å². The molecule has 4 nitrogen and oxygen atoms in total. The number of hydrogen-bond donors (Lipinski definition) is 2. The molecule has 0 bridgehead atoms. The number of primary amides is 1. The van der Waals surface area contributed by atoms with Gasteiger partial charge in [-0.15, -0.1) is 0 Å². The Morgan fingerprint density at radius 3 is 2.91 bits per heavy atom. The lowest BCUT2D eigenvalue weighted by Crippen LogP contribution is -2.24. The molecular weight excluding hydrogens is 144 g/mol. The first-order valence-electron chi connectivity index (χ1n) is 3.49. The second-order valence-electron chi connectivity index (χ2n) is 2.00. The van der Waals surface area contributed by atoms with Crippen molar-refractivity contribution in [3.8, 4) is 0 Å². The van der Waals surface area contributed by atoms with Crippen molar-refractivity contribution < 1.29 is 9.53 Å². The minimum Gasteiger partial charge on any atom is -0.500 e. The monoisotopic (exact) mass is 158 g/mol. The van der Waals surface area contributed by atoms with Gasteiger partial charge < -0.3 is 15.8 Å². The van der Waals surface area contributed by atoms with Gasteiger partial charge in [-0.05, 0) is 0 Å². The summed E-state index contributed by atoms with van der Waals surface area (Å²) in [6.07, 6.45) is 1.75. The van der Waals surface area contributed by atoms with Crippen LogP contribution in [0.15, 0.2) is 12.8 Å². The van der Waals surface area contributed by atoms with Gasteiger partial charge in [0.05, 0.1) is 12.9 Å². The fourth-order valence-electron chi connectivity index (χ4n) is 0.551. The predicted molar refractivity (Wildman–Crippen MR) is 42.8 cm³/mol. The highest BCUT2D eigenvalue weighted by Gasteiger charge is 1.91. The van der Waals surface area contributed by atoms with Gasteiger partial charge in [0.1, 0.15) is 0 Å². The molecule has 0 spiro atoms. The summed E-state index contributed by atoms with van der Waals surface area (Å²) >= 11 is 0. The Morgan fingerprint density at radius 2 is 2.36 bits per heavy atom. The van der Waals surface area contributed by atoms with Crippen LogP contribution in [0.2, 0.25) is 0 Å². The molecule has 0 radical (unpaired) electrons. The second-order valence-corrected chi connectivity index (χ2v) is 2.00. The molecule has 4 heteroatoms. The SMILES string of the molecule is C=COCCNCCC(N)=O. The number of nitrogens with two attached hydrogens (primary N) is 1. The number of ether oxygens (including phenoxy) is 1. The molecule has 1 amide bonds. The minimum atomic E-state index is -0.290. The Labute approximate surface area is 66.4 Å². The summed E-state index contributed by atoms with van der Waals surface area (Å²) in [6, 6.07) is 0. The zero-order chi connectivity index (χ0) is 8.53. The van der Waals surface area contributed by atoms with Crippen LogP contribution in [0, 0.1) is 0 Å². The van der Waals surface area contributed by atoms with Crippen LogP contribution in [0.25, 0.3) is 0 Å². The van der Waals surface area contributed by atoms with Crippen LogP contribution in [0.3, 0.4) is 0 Å². The molecule has 0 atom stereocenters. The first kappa shape index (κ1) is 9.97. The van der Waals surface area contributed by atoms with E-state index in [0.717, 1.165) is 0 Å². The fourth-order valence-corrected chi connectivity index (χ4v) is 0.551. The summed E-state index contributed by atoms with van der Waals surface area (Å²) in [5, 5.41) is 2.98. The van der Waals surface area contributed by atoms with Crippen molar-refractivity contribution >= 4 is 5.91 Å². The van der Waals surface area contributed by atoms with Gasteiger partial charge in [0.15, 0.2) is 0 Å². The molecule has 0 heterocycles. The Balaban J connectivity index is 2.90. The summed E-state index contributed by atoms with van der Waals surface area (Å²) in [7, 11) is 0. The van der Waals surface area contributed by atoms with E-state index in [1.165, 1.54) is 6.26 Å². The standard InChI is InChI=1S/C7H14N2O2/c1-2-11-6-5-9-4-3-7(8)10/h2,9H,1,3-6H2,(H2,8,10). The molecule has 0 aromatic heterocycles. The van der Waals surface area contributed by atoms with Gasteiger partial charge in [-0.1, -0.05) is 6.58 Å². The van der Waals surface area contributed by atoms with Crippen LogP contribution >= 0.6 is 0 Å². The molecular formula is C7H14N2O2. The number of nitrogens with one attached hydrogen (secondary N) is 1. The van der Waals surface area contributed by atoms with Crippen LogP contribution in [0.5, 0.6) is 0 Å². The summed E-state index contributed by atoms with van der Waals surface area (Å²) in [4.78, 5) is 10.2. The zero-order valence-corrected chi connectivity index (χ0v) is 6.51. The average Bonchev–Trinajstić information content (AvgIpc) is 1.96. The highest BCUT2D eigenvalue weighted by atomic mass is 16.5. The van der Waals surface area contributed by atoms with E-state index in [0.29, 0.717) is 26.1 Å². The minimum absolute atomic E-state index is 0.290. The molecule has 0 saturated carbocycles. The third kappa shape index (κ3) is 8.97. The molecule has 3 N–H and O–H groups in total. The van der Waals surface area contributed by atoms with Gasteiger partial charge in [0, 0.05) is 19.5 Å². The van der Waals surface area contributed by atoms with Crippen molar-refractivity contribution in [3.05, 3.63) is 12.8 Å². The lowest BCUT2D eigenvalue weighted by Gasteiger charge is -2.01. The number of hydrogen-bond acceptors (Lipinski definition) is 3. The molecule has 0 aliphatic heterocycles. The smallest absolute Gasteiger partial charge is 0.218 e. The second kappa shape index (κ2) is 7.08.